The van der Waals surface area contributed by atoms with E-state index < -0.39 is 23.4 Å². The molecule has 0 aliphatic heterocycles. The Hall–Kier alpha value is -1.57. The summed E-state index contributed by atoms with van der Waals surface area (Å²) in [7, 11) is 0. The molecule has 0 saturated heterocycles. The van der Waals surface area contributed by atoms with E-state index in [9.17, 15) is 18.0 Å². The van der Waals surface area contributed by atoms with Crippen molar-refractivity contribution >= 4 is 32.9 Å². The van der Waals surface area contributed by atoms with Crippen LogP contribution < -0.4 is 0 Å². The summed E-state index contributed by atoms with van der Waals surface area (Å²) in [5, 5.41) is 0.0696. The maximum absolute atomic E-state index is 12.9. The molecule has 2 aromatic heterocycles. The van der Waals surface area contributed by atoms with E-state index in [1.807, 2.05) is 0 Å². The first kappa shape index (κ1) is 13.9. The number of rotatable bonds is 2. The van der Waals surface area contributed by atoms with E-state index in [4.69, 9.17) is 0 Å². The van der Waals surface area contributed by atoms with Gasteiger partial charge < -0.3 is 9.72 Å². The van der Waals surface area contributed by atoms with Gasteiger partial charge in [0.25, 0.3) is 0 Å². The number of nitrogens with one attached hydrogen (secondary N) is 1. The molecule has 2 aromatic rings. The zero-order valence-corrected chi connectivity index (χ0v) is 11.2. The molecule has 1 N–H and O–H groups in total. The van der Waals surface area contributed by atoms with Gasteiger partial charge in [0.1, 0.15) is 11.3 Å². The number of halogens is 4. The highest BCUT2D eigenvalue weighted by atomic mass is 79.9. The number of aromatic nitrogens is 2. The minimum absolute atomic E-state index is 0.00969. The Morgan fingerprint density at radius 1 is 1.53 bits per heavy atom. The summed E-state index contributed by atoms with van der Waals surface area (Å²) in [5.41, 5.74) is -1.71. The van der Waals surface area contributed by atoms with Crippen LogP contribution in [0.5, 0.6) is 0 Å². The lowest BCUT2D eigenvalue weighted by atomic mass is 10.1. The number of hydrogen-bond acceptors (Lipinski definition) is 3. The first-order valence-corrected chi connectivity index (χ1v) is 6.05. The Morgan fingerprint density at radius 2 is 2.21 bits per heavy atom. The molecule has 0 bridgehead atoms. The van der Waals surface area contributed by atoms with Crippen LogP contribution in [0.1, 0.15) is 23.0 Å². The molecule has 0 radical (unpaired) electrons. The molecule has 0 unspecified atom stereocenters. The van der Waals surface area contributed by atoms with Gasteiger partial charge in [-0.15, -0.1) is 0 Å². The predicted octanol–water partition coefficient (Wildman–Crippen LogP) is 3.52. The minimum Gasteiger partial charge on any atom is -0.462 e. The molecular weight excluding hydrogens is 329 g/mol. The summed E-state index contributed by atoms with van der Waals surface area (Å²) in [5.74, 6) is -1.03. The molecule has 0 atom stereocenters. The second kappa shape index (κ2) is 4.84. The SMILES string of the molecule is CCOC(=O)c1c(C(F)(F)F)[nH]c2ncc(Br)cc12. The average Bonchev–Trinajstić information content (AvgIpc) is 2.67. The average molecular weight is 337 g/mol. The van der Waals surface area contributed by atoms with Crippen molar-refractivity contribution in [3.05, 3.63) is 28.0 Å². The molecule has 0 aromatic carbocycles. The van der Waals surface area contributed by atoms with Gasteiger partial charge in [0.05, 0.1) is 12.2 Å². The van der Waals surface area contributed by atoms with Gasteiger partial charge in [0, 0.05) is 16.1 Å². The molecule has 4 nitrogen and oxygen atoms in total. The van der Waals surface area contributed by atoms with Crippen LogP contribution in [0.3, 0.4) is 0 Å². The third-order valence-corrected chi connectivity index (χ3v) is 2.81. The molecule has 0 amide bonds. The third kappa shape index (κ3) is 2.58. The highest BCUT2D eigenvalue weighted by Crippen LogP contribution is 2.36. The van der Waals surface area contributed by atoms with E-state index in [-0.39, 0.29) is 17.6 Å². The Bertz CT molecular complexity index is 637. The largest absolute Gasteiger partial charge is 0.462 e. The van der Waals surface area contributed by atoms with Gasteiger partial charge in [0.15, 0.2) is 0 Å². The quantitative estimate of drug-likeness (QED) is 0.853. The number of ether oxygens (including phenoxy) is 1. The summed E-state index contributed by atoms with van der Waals surface area (Å²) in [6.45, 7) is 1.51. The van der Waals surface area contributed by atoms with Crippen molar-refractivity contribution in [1.82, 2.24) is 9.97 Å². The summed E-state index contributed by atoms with van der Waals surface area (Å²) >= 11 is 3.10. The third-order valence-electron chi connectivity index (χ3n) is 2.38. The van der Waals surface area contributed by atoms with Crippen molar-refractivity contribution in [3.8, 4) is 0 Å². The zero-order chi connectivity index (χ0) is 14.2. The van der Waals surface area contributed by atoms with Crippen LogP contribution in [-0.4, -0.2) is 22.5 Å². The number of pyridine rings is 1. The van der Waals surface area contributed by atoms with Gasteiger partial charge in [-0.25, -0.2) is 9.78 Å². The monoisotopic (exact) mass is 336 g/mol. The fourth-order valence-corrected chi connectivity index (χ4v) is 2.00. The van der Waals surface area contributed by atoms with Crippen LogP contribution in [0.2, 0.25) is 0 Å². The van der Waals surface area contributed by atoms with Crippen LogP contribution in [0.15, 0.2) is 16.7 Å². The van der Waals surface area contributed by atoms with Crippen LogP contribution in [0.25, 0.3) is 11.0 Å². The highest BCUT2D eigenvalue weighted by Gasteiger charge is 2.39. The standard InChI is InChI=1S/C11H8BrF3N2O2/c1-2-19-10(18)7-6-3-5(12)4-16-9(6)17-8(7)11(13,14)15/h3-4H,2H2,1H3,(H,16,17). The molecule has 0 aliphatic rings. The van der Waals surface area contributed by atoms with Crippen molar-refractivity contribution in [2.75, 3.05) is 6.61 Å². The van der Waals surface area contributed by atoms with E-state index in [1.165, 1.54) is 19.2 Å². The lowest BCUT2D eigenvalue weighted by Gasteiger charge is -2.07. The predicted molar refractivity (Wildman–Crippen MR) is 64.8 cm³/mol. The highest BCUT2D eigenvalue weighted by molar-refractivity contribution is 9.10. The van der Waals surface area contributed by atoms with Crippen LogP contribution in [-0.2, 0) is 10.9 Å². The van der Waals surface area contributed by atoms with Crippen LogP contribution >= 0.6 is 15.9 Å². The Labute approximate surface area is 114 Å². The van der Waals surface area contributed by atoms with Crippen molar-refractivity contribution < 1.29 is 22.7 Å². The number of nitrogens with zero attached hydrogens (tertiary/aromatic N) is 1. The fraction of sp³-hybridized carbons (Fsp3) is 0.273. The number of esters is 1. The number of aromatic amines is 1. The van der Waals surface area contributed by atoms with Crippen molar-refractivity contribution in [3.63, 3.8) is 0 Å². The van der Waals surface area contributed by atoms with E-state index in [0.717, 1.165) is 0 Å². The molecule has 0 saturated carbocycles. The van der Waals surface area contributed by atoms with Gasteiger partial charge >= 0.3 is 12.1 Å². The maximum atomic E-state index is 12.9. The second-order valence-corrected chi connectivity index (χ2v) is 4.56. The number of fused-ring (bicyclic) bond motifs is 1. The summed E-state index contributed by atoms with van der Waals surface area (Å²) in [6.07, 6.45) is -3.34. The topological polar surface area (TPSA) is 55.0 Å². The second-order valence-electron chi connectivity index (χ2n) is 3.64. The van der Waals surface area contributed by atoms with Crippen molar-refractivity contribution in [2.45, 2.75) is 13.1 Å². The van der Waals surface area contributed by atoms with Crippen molar-refractivity contribution in [1.29, 1.82) is 0 Å². The minimum atomic E-state index is -4.69. The molecule has 0 aliphatic carbocycles. The van der Waals surface area contributed by atoms with Gasteiger partial charge in [0.2, 0.25) is 0 Å². The Morgan fingerprint density at radius 3 is 2.79 bits per heavy atom. The molecule has 2 heterocycles. The summed E-state index contributed by atoms with van der Waals surface area (Å²) in [6, 6.07) is 1.39. The molecule has 8 heteroatoms. The normalized spacial score (nSPS) is 11.8. The fourth-order valence-electron chi connectivity index (χ4n) is 1.67. The number of carbonyl (C=O) groups excluding carboxylic acids is 1. The Balaban J connectivity index is 2.74. The molecule has 2 rings (SSSR count). The van der Waals surface area contributed by atoms with Gasteiger partial charge in [-0.05, 0) is 28.9 Å². The molecular formula is C11H8BrF3N2O2. The Kier molecular flexibility index (Phi) is 3.53. The molecule has 0 fully saturated rings. The van der Waals surface area contributed by atoms with E-state index in [2.05, 4.69) is 30.6 Å². The zero-order valence-electron chi connectivity index (χ0n) is 9.64. The van der Waals surface area contributed by atoms with E-state index in [1.54, 1.807) is 0 Å². The van der Waals surface area contributed by atoms with Gasteiger partial charge in [-0.1, -0.05) is 0 Å². The summed E-state index contributed by atoms with van der Waals surface area (Å²) in [4.78, 5) is 17.6. The van der Waals surface area contributed by atoms with Crippen molar-refractivity contribution in [2.24, 2.45) is 0 Å². The van der Waals surface area contributed by atoms with Gasteiger partial charge in [-0.3, -0.25) is 0 Å². The van der Waals surface area contributed by atoms with Gasteiger partial charge in [-0.2, -0.15) is 13.2 Å². The number of carbonyl (C=O) groups is 1. The first-order chi connectivity index (χ1) is 8.84. The number of alkyl halides is 3. The lowest BCUT2D eigenvalue weighted by molar-refractivity contribution is -0.141. The molecule has 102 valence electrons. The number of hydrogen-bond donors (Lipinski definition) is 1. The van der Waals surface area contributed by atoms with Crippen LogP contribution in [0.4, 0.5) is 13.2 Å². The van der Waals surface area contributed by atoms with Crippen LogP contribution in [0, 0.1) is 0 Å². The maximum Gasteiger partial charge on any atom is 0.432 e. The van der Waals surface area contributed by atoms with E-state index in [0.29, 0.717) is 4.47 Å². The molecule has 19 heavy (non-hydrogen) atoms. The van der Waals surface area contributed by atoms with E-state index >= 15 is 0 Å². The molecule has 0 spiro atoms. The first-order valence-electron chi connectivity index (χ1n) is 5.26. The number of H-pyrrole nitrogens is 1. The summed E-state index contributed by atoms with van der Waals surface area (Å²) < 4.78 is 43.9. The lowest BCUT2D eigenvalue weighted by Crippen LogP contribution is -2.14. The smallest absolute Gasteiger partial charge is 0.432 e.